The summed E-state index contributed by atoms with van der Waals surface area (Å²) in [5.41, 5.74) is 2.61. The average molecular weight is 510 g/mol. The maximum Gasteiger partial charge on any atom is 0.337 e. The molecule has 0 saturated carbocycles. The van der Waals surface area contributed by atoms with Gasteiger partial charge in [0, 0.05) is 65.8 Å². The Morgan fingerprint density at radius 1 is 1.25 bits per heavy atom. The minimum atomic E-state index is -0.430. The van der Waals surface area contributed by atoms with Crippen molar-refractivity contribution in [3.63, 3.8) is 0 Å². The van der Waals surface area contributed by atoms with E-state index >= 15 is 0 Å². The number of hydrogen-bond acceptors (Lipinski definition) is 5. The van der Waals surface area contributed by atoms with Crippen molar-refractivity contribution in [2.24, 2.45) is 0 Å². The Bertz CT molecular complexity index is 1120. The van der Waals surface area contributed by atoms with Crippen LogP contribution in [0.2, 0.25) is 0 Å². The number of nitrogens with zero attached hydrogens (tertiary/aromatic N) is 2. The van der Waals surface area contributed by atoms with Gasteiger partial charge in [-0.25, -0.2) is 4.79 Å². The number of rotatable bonds is 6. The van der Waals surface area contributed by atoms with Crippen LogP contribution in [0, 0.1) is 0 Å². The summed E-state index contributed by atoms with van der Waals surface area (Å²) in [7, 11) is 4.33. The number of benzene rings is 1. The summed E-state index contributed by atoms with van der Waals surface area (Å²) in [6.07, 6.45) is 7.55. The van der Waals surface area contributed by atoms with E-state index in [9.17, 15) is 9.59 Å². The zero-order chi connectivity index (χ0) is 20.3. The smallest absolute Gasteiger partial charge is 0.337 e. The van der Waals surface area contributed by atoms with Gasteiger partial charge in [-0.2, -0.15) is 0 Å². The Morgan fingerprint density at radius 2 is 2.04 bits per heavy atom. The van der Waals surface area contributed by atoms with Crippen molar-refractivity contribution in [3.05, 3.63) is 64.7 Å². The van der Waals surface area contributed by atoms with Gasteiger partial charge < -0.3 is 14.0 Å². The van der Waals surface area contributed by atoms with E-state index < -0.39 is 5.97 Å². The summed E-state index contributed by atoms with van der Waals surface area (Å²) in [6, 6.07) is 7.09. The Morgan fingerprint density at radius 3 is 2.68 bits per heavy atom. The first-order valence-electron chi connectivity index (χ1n) is 8.47. The van der Waals surface area contributed by atoms with Crippen LogP contribution >= 0.6 is 30.3 Å². The van der Waals surface area contributed by atoms with Crippen LogP contribution in [-0.4, -0.2) is 28.7 Å². The van der Waals surface area contributed by atoms with E-state index in [4.69, 9.17) is 9.47 Å². The predicted molar refractivity (Wildman–Crippen MR) is 121 cm³/mol. The van der Waals surface area contributed by atoms with Gasteiger partial charge in [-0.15, -0.1) is 0 Å². The lowest BCUT2D eigenvalue weighted by molar-refractivity contribution is 0.0600. The zero-order valence-corrected chi connectivity index (χ0v) is 18.6. The molecule has 2 heterocycles. The number of carbonyl (C=O) groups excluding carboxylic acids is 1. The van der Waals surface area contributed by atoms with Gasteiger partial charge in [-0.1, -0.05) is 12.2 Å². The van der Waals surface area contributed by atoms with Gasteiger partial charge in [-0.05, 0) is 31.2 Å². The number of allylic oxidation sites excluding steroid dienone is 2. The molecule has 0 spiro atoms. The number of pyridine rings is 1. The summed E-state index contributed by atoms with van der Waals surface area (Å²) < 4.78 is 13.9. The highest BCUT2D eigenvalue weighted by atomic mass is 127. The van der Waals surface area contributed by atoms with Gasteiger partial charge in [-0.3, -0.25) is 8.77 Å². The first kappa shape index (κ1) is 20.5. The minimum absolute atomic E-state index is 0.0591. The molecule has 0 atom stereocenters. The molecule has 1 aromatic carbocycles. The normalized spacial score (nSPS) is 11.3. The van der Waals surface area contributed by atoms with Crippen LogP contribution in [0.4, 0.5) is 0 Å². The summed E-state index contributed by atoms with van der Waals surface area (Å²) in [5, 5.41) is 0.829. The van der Waals surface area contributed by atoms with Gasteiger partial charge >= 0.3 is 5.97 Å². The molecule has 0 saturated heterocycles. The second kappa shape index (κ2) is 8.87. The van der Waals surface area contributed by atoms with E-state index in [0.29, 0.717) is 23.4 Å². The molecule has 3 aromatic rings. The van der Waals surface area contributed by atoms with Crippen LogP contribution in [0.25, 0.3) is 22.0 Å². The highest BCUT2D eigenvalue weighted by Gasteiger charge is 2.18. The number of ether oxygens (including phenoxy) is 2. The molecule has 0 fully saturated rings. The predicted octanol–water partition coefficient (Wildman–Crippen LogP) is 4.69. The molecule has 0 bridgehead atoms. The molecule has 0 aliphatic heterocycles. The van der Waals surface area contributed by atoms with Crippen LogP contribution < -0.4 is 10.3 Å². The van der Waals surface area contributed by atoms with E-state index in [1.807, 2.05) is 47.6 Å². The summed E-state index contributed by atoms with van der Waals surface area (Å²) in [5.74, 6) is 0.107. The number of aromatic nitrogens is 2. The van der Waals surface area contributed by atoms with E-state index in [0.717, 1.165) is 16.5 Å². The molecule has 0 amide bonds. The molecule has 0 unspecified atom stereocenters. The Kier molecular flexibility index (Phi) is 6.50. The van der Waals surface area contributed by atoms with Gasteiger partial charge in [0.05, 0.1) is 19.8 Å². The molecule has 146 valence electrons. The second-order valence-corrected chi connectivity index (χ2v) is 7.66. The van der Waals surface area contributed by atoms with Crippen LogP contribution in [0.5, 0.6) is 5.75 Å². The molecule has 0 aliphatic rings. The Labute approximate surface area is 178 Å². The Balaban J connectivity index is 2.31. The molecule has 2 aromatic heterocycles. The number of methoxy groups -OCH3 is 2. The number of carbonyl (C=O) groups is 1. The third-order valence-corrected chi connectivity index (χ3v) is 6.14. The maximum atomic E-state index is 13.0. The summed E-state index contributed by atoms with van der Waals surface area (Å²) >= 11 is 2.15. The first-order valence-corrected chi connectivity index (χ1v) is 11.8. The van der Waals surface area contributed by atoms with Crippen molar-refractivity contribution in [2.45, 2.75) is 13.5 Å². The number of fused-ring (bicyclic) bond motifs is 1. The molecule has 6 nitrogen and oxygen atoms in total. The lowest BCUT2D eigenvalue weighted by atomic mass is 10.0. The molecule has 0 radical (unpaired) electrons. The van der Waals surface area contributed by atoms with E-state index in [2.05, 4.69) is 21.2 Å². The molecular weight excluding hydrogens is 491 g/mol. The fourth-order valence-electron chi connectivity index (χ4n) is 3.05. The summed E-state index contributed by atoms with van der Waals surface area (Å²) in [6.45, 7) is 2.39. The fourth-order valence-corrected chi connectivity index (χ4v) is 4.38. The lowest BCUT2D eigenvalue weighted by Crippen LogP contribution is -2.20. The van der Waals surface area contributed by atoms with Crippen molar-refractivity contribution >= 4 is 47.2 Å². The highest BCUT2D eigenvalue weighted by molar-refractivity contribution is 14.2. The highest BCUT2D eigenvalue weighted by Crippen LogP contribution is 2.36. The maximum absolute atomic E-state index is 13.0. The average Bonchev–Trinajstić information content (AvgIpc) is 3.17. The van der Waals surface area contributed by atoms with Crippen molar-refractivity contribution < 1.29 is 14.3 Å². The number of esters is 1. The fraction of sp³-hybridized carbons (Fsp3) is 0.200. The van der Waals surface area contributed by atoms with Gasteiger partial charge in [0.2, 0.25) is 0 Å². The van der Waals surface area contributed by atoms with Gasteiger partial charge in [0.25, 0.3) is 5.56 Å². The van der Waals surface area contributed by atoms with E-state index in [-0.39, 0.29) is 5.56 Å². The molecule has 0 N–H and O–H groups in total. The van der Waals surface area contributed by atoms with Gasteiger partial charge in [0.15, 0.2) is 0 Å². The van der Waals surface area contributed by atoms with Crippen molar-refractivity contribution in [2.75, 3.05) is 14.2 Å². The third-order valence-electron chi connectivity index (χ3n) is 4.42. The lowest BCUT2D eigenvalue weighted by Gasteiger charge is -2.14. The SMILES string of the molecule is C/C=C/Cn1cc(-c2ccc(C(=O)OC)cc2OC)c2ccn(SI)c2c1=O. The first-order chi connectivity index (χ1) is 13.5. The summed E-state index contributed by atoms with van der Waals surface area (Å²) in [4.78, 5) is 24.9. The minimum Gasteiger partial charge on any atom is -0.496 e. The molecule has 0 aliphatic carbocycles. The van der Waals surface area contributed by atoms with E-state index in [1.165, 1.54) is 16.2 Å². The topological polar surface area (TPSA) is 62.5 Å². The monoisotopic (exact) mass is 510 g/mol. The van der Waals surface area contributed by atoms with Crippen LogP contribution in [-0.2, 0) is 11.3 Å². The van der Waals surface area contributed by atoms with Crippen molar-refractivity contribution in [1.82, 2.24) is 8.54 Å². The van der Waals surface area contributed by atoms with Crippen molar-refractivity contribution in [3.8, 4) is 16.9 Å². The van der Waals surface area contributed by atoms with Gasteiger partial charge in [0.1, 0.15) is 11.3 Å². The van der Waals surface area contributed by atoms with E-state index in [1.54, 1.807) is 23.8 Å². The van der Waals surface area contributed by atoms with Crippen molar-refractivity contribution in [1.29, 1.82) is 0 Å². The zero-order valence-electron chi connectivity index (χ0n) is 15.6. The second-order valence-electron chi connectivity index (χ2n) is 5.95. The standard InChI is InChI=1S/C20H19IN2O4S/c1-4-5-9-22-12-16(15-8-10-23(28-21)18(15)19(22)24)14-7-6-13(20(25)27-3)11-17(14)26-2/h4-8,10-12H,9H2,1-3H3/b5-4+. The quantitative estimate of drug-likeness (QED) is 0.274. The molecular formula is C20H19IN2O4S. The molecule has 3 rings (SSSR count). The number of hydrogen-bond donors (Lipinski definition) is 0. The third kappa shape index (κ3) is 3.70. The molecule has 28 heavy (non-hydrogen) atoms. The molecule has 8 heteroatoms. The Hall–Kier alpha value is -2.20. The van der Waals surface area contributed by atoms with Crippen LogP contribution in [0.15, 0.2) is 53.6 Å². The largest absolute Gasteiger partial charge is 0.496 e. The van der Waals surface area contributed by atoms with Crippen LogP contribution in [0.1, 0.15) is 17.3 Å². The number of halogens is 1. The van der Waals surface area contributed by atoms with Crippen LogP contribution in [0.3, 0.4) is 0 Å².